The molecule has 0 spiro atoms. The Balaban J connectivity index is 2.08. The minimum Gasteiger partial charge on any atom is -0.497 e. The van der Waals surface area contributed by atoms with Crippen molar-refractivity contribution in [2.75, 3.05) is 19.0 Å². The lowest BCUT2D eigenvalue weighted by Crippen LogP contribution is -2.34. The normalized spacial score (nSPS) is 10.3. The third kappa shape index (κ3) is 6.00. The fourth-order valence-corrected chi connectivity index (χ4v) is 2.67. The van der Waals surface area contributed by atoms with Gasteiger partial charge in [0.05, 0.1) is 19.3 Å². The van der Waals surface area contributed by atoms with Crippen LogP contribution in [0.1, 0.15) is 24.2 Å². The van der Waals surface area contributed by atoms with E-state index in [1.807, 2.05) is 38.1 Å². The minimum absolute atomic E-state index is 0.193. The standard InChI is InChI=1S/C19H21BrN2O3S/c1-12(2)11-25-17-8-7-13(20)9-16(17)18(23)22-19(26)21-14-5-4-6-15(10-14)24-3/h4-10,12H,11H2,1-3H3,(H2,21,22,23,26). The summed E-state index contributed by atoms with van der Waals surface area (Å²) in [7, 11) is 1.59. The van der Waals surface area contributed by atoms with Gasteiger partial charge < -0.3 is 14.8 Å². The molecule has 2 N–H and O–H groups in total. The lowest BCUT2D eigenvalue weighted by atomic mass is 10.2. The highest BCUT2D eigenvalue weighted by molar-refractivity contribution is 9.10. The van der Waals surface area contributed by atoms with Crippen molar-refractivity contribution in [3.63, 3.8) is 0 Å². The first-order valence-electron chi connectivity index (χ1n) is 8.07. The molecule has 138 valence electrons. The summed E-state index contributed by atoms with van der Waals surface area (Å²) >= 11 is 8.62. The quantitative estimate of drug-likeness (QED) is 0.646. The van der Waals surface area contributed by atoms with Crippen molar-refractivity contribution in [1.29, 1.82) is 0 Å². The lowest BCUT2D eigenvalue weighted by Gasteiger charge is -2.15. The molecule has 0 bridgehead atoms. The van der Waals surface area contributed by atoms with E-state index in [-0.39, 0.29) is 11.0 Å². The number of amides is 1. The summed E-state index contributed by atoms with van der Waals surface area (Å²) in [6, 6.07) is 12.6. The molecule has 26 heavy (non-hydrogen) atoms. The number of halogens is 1. The zero-order valence-corrected chi connectivity index (χ0v) is 17.2. The molecule has 0 aliphatic carbocycles. The summed E-state index contributed by atoms with van der Waals surface area (Å²) in [5, 5.41) is 5.84. The van der Waals surface area contributed by atoms with Crippen LogP contribution in [0.3, 0.4) is 0 Å². The van der Waals surface area contributed by atoms with Crippen LogP contribution in [0.4, 0.5) is 5.69 Å². The predicted octanol–water partition coefficient (Wildman–Crippen LogP) is 4.62. The second-order valence-corrected chi connectivity index (χ2v) is 7.31. The van der Waals surface area contributed by atoms with Crippen LogP contribution >= 0.6 is 28.1 Å². The summed E-state index contributed by atoms with van der Waals surface area (Å²) in [4.78, 5) is 12.6. The Kier molecular flexibility index (Phi) is 7.41. The van der Waals surface area contributed by atoms with Gasteiger partial charge in [-0.15, -0.1) is 0 Å². The maximum atomic E-state index is 12.6. The molecule has 0 aromatic heterocycles. The molecule has 2 aromatic rings. The molecule has 0 saturated carbocycles. The second kappa shape index (κ2) is 9.54. The Labute approximate surface area is 167 Å². The number of nitrogens with one attached hydrogen (secondary N) is 2. The van der Waals surface area contributed by atoms with Crippen LogP contribution < -0.4 is 20.1 Å². The van der Waals surface area contributed by atoms with Crippen molar-refractivity contribution in [3.05, 3.63) is 52.5 Å². The molecule has 0 saturated heterocycles. The van der Waals surface area contributed by atoms with E-state index in [0.29, 0.717) is 29.6 Å². The Morgan fingerprint density at radius 2 is 2.00 bits per heavy atom. The van der Waals surface area contributed by atoms with Gasteiger partial charge in [-0.25, -0.2) is 0 Å². The number of carbonyl (C=O) groups excluding carboxylic acids is 1. The molecule has 0 aliphatic rings. The molecular formula is C19H21BrN2O3S. The summed E-state index contributed by atoms with van der Waals surface area (Å²) in [5.74, 6) is 1.22. The molecular weight excluding hydrogens is 416 g/mol. The van der Waals surface area contributed by atoms with Crippen molar-refractivity contribution in [2.24, 2.45) is 5.92 Å². The van der Waals surface area contributed by atoms with Gasteiger partial charge >= 0.3 is 0 Å². The molecule has 5 nitrogen and oxygen atoms in total. The van der Waals surface area contributed by atoms with Crippen molar-refractivity contribution in [2.45, 2.75) is 13.8 Å². The number of thiocarbonyl (C=S) groups is 1. The van der Waals surface area contributed by atoms with E-state index in [9.17, 15) is 4.79 Å². The van der Waals surface area contributed by atoms with Crippen molar-refractivity contribution >= 4 is 44.9 Å². The van der Waals surface area contributed by atoms with Gasteiger partial charge in [0.15, 0.2) is 5.11 Å². The van der Waals surface area contributed by atoms with E-state index in [1.165, 1.54) is 0 Å². The number of ether oxygens (including phenoxy) is 2. The van der Waals surface area contributed by atoms with Gasteiger partial charge in [0, 0.05) is 16.2 Å². The largest absolute Gasteiger partial charge is 0.497 e. The van der Waals surface area contributed by atoms with Gasteiger partial charge in [0.25, 0.3) is 5.91 Å². The molecule has 7 heteroatoms. The molecule has 0 radical (unpaired) electrons. The summed E-state index contributed by atoms with van der Waals surface area (Å²) in [6.07, 6.45) is 0. The van der Waals surface area contributed by atoms with Gasteiger partial charge in [0.1, 0.15) is 11.5 Å². The van der Waals surface area contributed by atoms with Gasteiger partial charge in [-0.3, -0.25) is 10.1 Å². The van der Waals surface area contributed by atoms with E-state index >= 15 is 0 Å². The average molecular weight is 437 g/mol. The van der Waals surface area contributed by atoms with Crippen molar-refractivity contribution < 1.29 is 14.3 Å². The molecule has 1 amide bonds. The Hall–Kier alpha value is -2.12. The van der Waals surface area contributed by atoms with Gasteiger partial charge in [-0.2, -0.15) is 0 Å². The van der Waals surface area contributed by atoms with Crippen LogP contribution in [-0.4, -0.2) is 24.7 Å². The van der Waals surface area contributed by atoms with E-state index in [1.54, 1.807) is 25.3 Å². The second-order valence-electron chi connectivity index (χ2n) is 5.99. The van der Waals surface area contributed by atoms with E-state index in [0.717, 1.165) is 10.2 Å². The van der Waals surface area contributed by atoms with Gasteiger partial charge in [-0.05, 0) is 48.5 Å². The number of methoxy groups -OCH3 is 1. The SMILES string of the molecule is COc1cccc(NC(=S)NC(=O)c2cc(Br)ccc2OCC(C)C)c1. The number of carbonyl (C=O) groups is 1. The monoisotopic (exact) mass is 436 g/mol. The number of anilines is 1. The number of benzene rings is 2. The highest BCUT2D eigenvalue weighted by atomic mass is 79.9. The molecule has 0 atom stereocenters. The van der Waals surface area contributed by atoms with Gasteiger partial charge in [-0.1, -0.05) is 35.8 Å². The Bertz CT molecular complexity index is 796. The third-order valence-corrected chi connectivity index (χ3v) is 4.01. The first-order valence-corrected chi connectivity index (χ1v) is 9.28. The van der Waals surface area contributed by atoms with E-state index in [2.05, 4.69) is 26.6 Å². The van der Waals surface area contributed by atoms with Crippen LogP contribution in [0.5, 0.6) is 11.5 Å². The molecule has 0 fully saturated rings. The fourth-order valence-electron chi connectivity index (χ4n) is 2.10. The predicted molar refractivity (Wildman–Crippen MR) is 111 cm³/mol. The summed E-state index contributed by atoms with van der Waals surface area (Å²) < 4.78 is 11.7. The smallest absolute Gasteiger partial charge is 0.261 e. The zero-order valence-electron chi connectivity index (χ0n) is 14.8. The highest BCUT2D eigenvalue weighted by Crippen LogP contribution is 2.24. The van der Waals surface area contributed by atoms with Gasteiger partial charge in [0.2, 0.25) is 0 Å². The maximum absolute atomic E-state index is 12.6. The average Bonchev–Trinajstić information content (AvgIpc) is 2.60. The Morgan fingerprint density at radius 1 is 1.23 bits per heavy atom. The van der Waals surface area contributed by atoms with E-state index < -0.39 is 0 Å². The Morgan fingerprint density at radius 3 is 2.69 bits per heavy atom. The van der Waals surface area contributed by atoms with Crippen molar-refractivity contribution in [3.8, 4) is 11.5 Å². The third-order valence-electron chi connectivity index (χ3n) is 3.31. The molecule has 2 rings (SSSR count). The number of hydrogen-bond donors (Lipinski definition) is 2. The first-order chi connectivity index (χ1) is 12.4. The topological polar surface area (TPSA) is 59.6 Å². The van der Waals surface area contributed by atoms with Crippen LogP contribution in [0.15, 0.2) is 46.9 Å². The fraction of sp³-hybridized carbons (Fsp3) is 0.263. The molecule has 0 heterocycles. The van der Waals surface area contributed by atoms with E-state index in [4.69, 9.17) is 21.7 Å². The highest BCUT2D eigenvalue weighted by Gasteiger charge is 2.15. The zero-order chi connectivity index (χ0) is 19.1. The molecule has 2 aromatic carbocycles. The van der Waals surface area contributed by atoms with Crippen LogP contribution in [0.25, 0.3) is 0 Å². The van der Waals surface area contributed by atoms with Crippen LogP contribution in [0, 0.1) is 5.92 Å². The lowest BCUT2D eigenvalue weighted by molar-refractivity contribution is 0.0973. The maximum Gasteiger partial charge on any atom is 0.261 e. The number of hydrogen-bond acceptors (Lipinski definition) is 4. The summed E-state index contributed by atoms with van der Waals surface area (Å²) in [5.41, 5.74) is 1.13. The van der Waals surface area contributed by atoms with Crippen LogP contribution in [0.2, 0.25) is 0 Å². The van der Waals surface area contributed by atoms with Crippen LogP contribution in [-0.2, 0) is 0 Å². The molecule has 0 unspecified atom stereocenters. The first kappa shape index (κ1) is 20.2. The number of rotatable bonds is 6. The van der Waals surface area contributed by atoms with Crippen molar-refractivity contribution in [1.82, 2.24) is 5.32 Å². The summed E-state index contributed by atoms with van der Waals surface area (Å²) in [6.45, 7) is 4.62. The minimum atomic E-state index is -0.342. The molecule has 0 aliphatic heterocycles.